The quantitative estimate of drug-likeness (QED) is 0.840. The second-order valence-electron chi connectivity index (χ2n) is 4.44. The molecule has 0 saturated carbocycles. The van der Waals surface area contributed by atoms with Crippen LogP contribution in [-0.4, -0.2) is 4.98 Å². The summed E-state index contributed by atoms with van der Waals surface area (Å²) < 4.78 is 26.5. The number of hydrogen-bond donors (Lipinski definition) is 2. The highest BCUT2D eigenvalue weighted by molar-refractivity contribution is 7.09. The van der Waals surface area contributed by atoms with Gasteiger partial charge in [0.2, 0.25) is 0 Å². The third-order valence-electron chi connectivity index (χ3n) is 2.51. The zero-order valence-electron chi connectivity index (χ0n) is 10.00. The summed E-state index contributed by atoms with van der Waals surface area (Å²) >= 11 is 1.46. The average molecular weight is 269 g/mol. The highest BCUT2D eigenvalue weighted by Gasteiger charge is 2.24. The number of aromatic nitrogens is 1. The molecule has 0 aliphatic rings. The Balaban J connectivity index is 2.35. The first-order valence-corrected chi connectivity index (χ1v) is 6.21. The van der Waals surface area contributed by atoms with Crippen LogP contribution in [0.2, 0.25) is 0 Å². The lowest BCUT2D eigenvalue weighted by Crippen LogP contribution is -2.28. The van der Waals surface area contributed by atoms with Gasteiger partial charge in [0.1, 0.15) is 10.8 Å². The molecular formula is C12H13F2N3S. The van der Waals surface area contributed by atoms with Crippen molar-refractivity contribution >= 4 is 22.7 Å². The van der Waals surface area contributed by atoms with Gasteiger partial charge in [0.05, 0.1) is 16.9 Å². The minimum atomic E-state index is -0.771. The van der Waals surface area contributed by atoms with Crippen LogP contribution >= 0.6 is 11.3 Å². The molecule has 0 atom stereocenters. The van der Waals surface area contributed by atoms with Gasteiger partial charge in [0.25, 0.3) is 0 Å². The van der Waals surface area contributed by atoms with Gasteiger partial charge in [0.15, 0.2) is 5.82 Å². The van der Waals surface area contributed by atoms with Gasteiger partial charge in [-0.3, -0.25) is 0 Å². The summed E-state index contributed by atoms with van der Waals surface area (Å²) in [7, 11) is 0. The average Bonchev–Trinajstić information content (AvgIpc) is 2.78. The van der Waals surface area contributed by atoms with E-state index in [9.17, 15) is 8.78 Å². The van der Waals surface area contributed by atoms with Crippen molar-refractivity contribution < 1.29 is 8.78 Å². The van der Waals surface area contributed by atoms with Gasteiger partial charge in [-0.15, -0.1) is 11.3 Å². The topological polar surface area (TPSA) is 50.9 Å². The standard InChI is InChI=1S/C12H13F2N3S/c1-12(2,11-16-3-4-18-11)17-9-6-7(13)5-8(14)10(9)15/h3-6,17H,15H2,1-2H3. The van der Waals surface area contributed by atoms with Crippen molar-refractivity contribution in [3.8, 4) is 0 Å². The molecule has 6 heteroatoms. The molecule has 1 heterocycles. The SMILES string of the molecule is CC(C)(Nc1cc(F)cc(F)c1N)c1nccs1. The van der Waals surface area contributed by atoms with Gasteiger partial charge in [-0.05, 0) is 19.9 Å². The molecule has 18 heavy (non-hydrogen) atoms. The summed E-state index contributed by atoms with van der Waals surface area (Å²) in [4.78, 5) is 4.19. The number of nitrogens with zero attached hydrogens (tertiary/aromatic N) is 1. The largest absolute Gasteiger partial charge is 0.395 e. The molecular weight excluding hydrogens is 256 g/mol. The number of nitrogens with one attached hydrogen (secondary N) is 1. The van der Waals surface area contributed by atoms with Crippen molar-refractivity contribution in [3.05, 3.63) is 40.4 Å². The molecule has 96 valence electrons. The van der Waals surface area contributed by atoms with Crippen molar-refractivity contribution in [1.82, 2.24) is 4.98 Å². The fraction of sp³-hybridized carbons (Fsp3) is 0.250. The molecule has 0 aliphatic carbocycles. The van der Waals surface area contributed by atoms with E-state index in [0.717, 1.165) is 11.1 Å². The Morgan fingerprint density at radius 3 is 2.67 bits per heavy atom. The van der Waals surface area contributed by atoms with Crippen LogP contribution in [0.25, 0.3) is 0 Å². The van der Waals surface area contributed by atoms with Gasteiger partial charge in [-0.2, -0.15) is 0 Å². The van der Waals surface area contributed by atoms with Crippen LogP contribution in [-0.2, 0) is 5.54 Å². The van der Waals surface area contributed by atoms with Crippen molar-refractivity contribution in [1.29, 1.82) is 0 Å². The van der Waals surface area contributed by atoms with Gasteiger partial charge >= 0.3 is 0 Å². The number of hydrogen-bond acceptors (Lipinski definition) is 4. The molecule has 0 spiro atoms. The highest BCUT2D eigenvalue weighted by Crippen LogP contribution is 2.31. The number of benzene rings is 1. The molecule has 0 fully saturated rings. The molecule has 3 N–H and O–H groups in total. The Hall–Kier alpha value is -1.69. The fourth-order valence-electron chi connectivity index (χ4n) is 1.61. The summed E-state index contributed by atoms with van der Waals surface area (Å²) in [5.74, 6) is -1.44. The zero-order chi connectivity index (χ0) is 13.3. The predicted octanol–water partition coefficient (Wildman–Crippen LogP) is 3.35. The number of nitrogen functional groups attached to an aromatic ring is 1. The van der Waals surface area contributed by atoms with Gasteiger partial charge < -0.3 is 11.1 Å². The van der Waals surface area contributed by atoms with Gasteiger partial charge in [0, 0.05) is 17.6 Å². The highest BCUT2D eigenvalue weighted by atomic mass is 32.1. The molecule has 0 amide bonds. The minimum Gasteiger partial charge on any atom is -0.395 e. The van der Waals surface area contributed by atoms with Crippen molar-refractivity contribution in [2.24, 2.45) is 0 Å². The van der Waals surface area contributed by atoms with Crippen LogP contribution in [0.5, 0.6) is 0 Å². The lowest BCUT2D eigenvalue weighted by Gasteiger charge is -2.26. The van der Waals surface area contributed by atoms with E-state index < -0.39 is 17.2 Å². The van der Waals surface area contributed by atoms with Gasteiger partial charge in [-0.1, -0.05) is 0 Å². The Morgan fingerprint density at radius 1 is 1.33 bits per heavy atom. The summed E-state index contributed by atoms with van der Waals surface area (Å²) in [6.07, 6.45) is 1.68. The number of nitrogens with two attached hydrogens (primary N) is 1. The second-order valence-corrected chi connectivity index (χ2v) is 5.33. The molecule has 0 aliphatic heterocycles. The Bertz CT molecular complexity index is 553. The molecule has 0 radical (unpaired) electrons. The molecule has 1 aromatic carbocycles. The monoisotopic (exact) mass is 269 g/mol. The number of thiazole rings is 1. The lowest BCUT2D eigenvalue weighted by molar-refractivity contribution is 0.578. The first-order chi connectivity index (χ1) is 8.40. The van der Waals surface area contributed by atoms with Crippen LogP contribution in [0.3, 0.4) is 0 Å². The summed E-state index contributed by atoms with van der Waals surface area (Å²) in [6.45, 7) is 3.74. The molecule has 0 unspecified atom stereocenters. The maximum Gasteiger partial charge on any atom is 0.151 e. The van der Waals surface area contributed by atoms with E-state index in [0.29, 0.717) is 0 Å². The van der Waals surface area contributed by atoms with Crippen LogP contribution in [0.1, 0.15) is 18.9 Å². The summed E-state index contributed by atoms with van der Waals surface area (Å²) in [6, 6.07) is 1.94. The zero-order valence-corrected chi connectivity index (χ0v) is 10.8. The first kappa shape index (κ1) is 12.8. The van der Waals surface area contributed by atoms with Crippen molar-refractivity contribution in [2.45, 2.75) is 19.4 Å². The minimum absolute atomic E-state index is 0.0963. The maximum absolute atomic E-state index is 13.3. The Labute approximate surface area is 108 Å². The summed E-state index contributed by atoms with van der Waals surface area (Å²) in [5.41, 5.74) is 5.17. The fourth-order valence-corrected chi connectivity index (χ4v) is 2.33. The van der Waals surface area contributed by atoms with Crippen molar-refractivity contribution in [2.75, 3.05) is 11.1 Å². The first-order valence-electron chi connectivity index (χ1n) is 5.33. The van der Waals surface area contributed by atoms with E-state index in [1.165, 1.54) is 17.4 Å². The Morgan fingerprint density at radius 2 is 2.06 bits per heavy atom. The smallest absolute Gasteiger partial charge is 0.151 e. The second kappa shape index (κ2) is 4.53. The van der Waals surface area contributed by atoms with E-state index in [2.05, 4.69) is 10.3 Å². The summed E-state index contributed by atoms with van der Waals surface area (Å²) in [5, 5.41) is 5.67. The number of anilines is 2. The lowest BCUT2D eigenvalue weighted by atomic mass is 10.1. The number of halogens is 2. The molecule has 2 rings (SSSR count). The molecule has 2 aromatic rings. The molecule has 0 bridgehead atoms. The van der Waals surface area contributed by atoms with E-state index in [1.54, 1.807) is 6.20 Å². The maximum atomic E-state index is 13.3. The number of rotatable bonds is 3. The van der Waals surface area contributed by atoms with Gasteiger partial charge in [-0.25, -0.2) is 13.8 Å². The van der Waals surface area contributed by atoms with E-state index in [4.69, 9.17) is 5.73 Å². The predicted molar refractivity (Wildman–Crippen MR) is 69.5 cm³/mol. The van der Waals surface area contributed by atoms with E-state index in [-0.39, 0.29) is 11.4 Å². The van der Waals surface area contributed by atoms with Crippen LogP contribution < -0.4 is 11.1 Å². The molecule has 0 saturated heterocycles. The van der Waals surface area contributed by atoms with Crippen LogP contribution in [0.15, 0.2) is 23.7 Å². The Kier molecular flexibility index (Phi) is 3.21. The third-order valence-corrected chi connectivity index (χ3v) is 3.61. The molecule has 1 aromatic heterocycles. The van der Waals surface area contributed by atoms with E-state index >= 15 is 0 Å². The van der Waals surface area contributed by atoms with Crippen LogP contribution in [0.4, 0.5) is 20.2 Å². The normalized spacial score (nSPS) is 11.6. The van der Waals surface area contributed by atoms with E-state index in [1.807, 2.05) is 19.2 Å². The van der Waals surface area contributed by atoms with Crippen molar-refractivity contribution in [3.63, 3.8) is 0 Å². The van der Waals surface area contributed by atoms with Crippen LogP contribution in [0, 0.1) is 11.6 Å². The molecule has 3 nitrogen and oxygen atoms in total. The third kappa shape index (κ3) is 2.43.